The molecule has 0 amide bonds. The molecular formula is C24H28N2O3. The highest BCUT2D eigenvalue weighted by Gasteiger charge is 2.26. The van der Waals surface area contributed by atoms with Gasteiger partial charge in [-0.25, -0.2) is 4.99 Å². The smallest absolute Gasteiger partial charge is 0.218 e. The number of aliphatic imine (C=N–C) groups is 1. The summed E-state index contributed by atoms with van der Waals surface area (Å²) in [5, 5.41) is 0. The Morgan fingerprint density at radius 3 is 2.93 bits per heavy atom. The van der Waals surface area contributed by atoms with Gasteiger partial charge < -0.3 is 9.47 Å². The fraction of sp³-hybridized carbons (Fsp3) is 0.458. The van der Waals surface area contributed by atoms with Crippen LogP contribution in [-0.4, -0.2) is 35.5 Å². The number of fused-ring (bicyclic) bond motifs is 1. The minimum absolute atomic E-state index is 0.143. The summed E-state index contributed by atoms with van der Waals surface area (Å²) in [4.78, 5) is 21.6. The standard InChI is InChI=1S/C24H28N2O3/c1-16(18-6-4-3-5-7-18)10-21(27)13-20-12-19-14-26-24(23(19)15-25-20)29-22-8-9-28-17(2)11-22/h3-7,12,15-17,22H,8-11,13-14H2,1-2H3/t16-,17?,22?/m0/s1. The molecule has 0 spiro atoms. The molecule has 4 rings (SSSR count). The molecule has 29 heavy (non-hydrogen) atoms. The third kappa shape index (κ3) is 4.91. The van der Waals surface area contributed by atoms with Crippen LogP contribution in [0.25, 0.3) is 0 Å². The summed E-state index contributed by atoms with van der Waals surface area (Å²) in [5.41, 5.74) is 4.05. The van der Waals surface area contributed by atoms with Gasteiger partial charge in [0.2, 0.25) is 5.90 Å². The number of ether oxygens (including phenoxy) is 2. The second kappa shape index (κ2) is 8.87. The maximum Gasteiger partial charge on any atom is 0.218 e. The fourth-order valence-corrected chi connectivity index (χ4v) is 4.05. The van der Waals surface area contributed by atoms with Gasteiger partial charge in [-0.05, 0) is 30.0 Å². The predicted octanol–water partition coefficient (Wildman–Crippen LogP) is 4.23. The number of rotatable bonds is 6. The Morgan fingerprint density at radius 1 is 1.31 bits per heavy atom. The molecule has 0 saturated carbocycles. The lowest BCUT2D eigenvalue weighted by Gasteiger charge is -2.27. The number of ketones is 1. The molecule has 1 saturated heterocycles. The molecule has 3 atom stereocenters. The third-order valence-corrected chi connectivity index (χ3v) is 5.67. The Labute approximate surface area is 172 Å². The van der Waals surface area contributed by atoms with Gasteiger partial charge in [0.15, 0.2) is 0 Å². The summed E-state index contributed by atoms with van der Waals surface area (Å²) < 4.78 is 11.7. The van der Waals surface area contributed by atoms with Crippen molar-refractivity contribution in [1.82, 2.24) is 4.98 Å². The summed E-state index contributed by atoms with van der Waals surface area (Å²) in [6.45, 7) is 5.49. The minimum Gasteiger partial charge on any atom is -0.474 e. The minimum atomic E-state index is 0.143. The summed E-state index contributed by atoms with van der Waals surface area (Å²) in [6.07, 6.45) is 4.83. The van der Waals surface area contributed by atoms with E-state index < -0.39 is 0 Å². The van der Waals surface area contributed by atoms with E-state index >= 15 is 0 Å². The van der Waals surface area contributed by atoms with Gasteiger partial charge in [-0.2, -0.15) is 0 Å². The number of carbonyl (C=O) groups excluding carboxylic acids is 1. The van der Waals surface area contributed by atoms with E-state index in [2.05, 4.69) is 36.0 Å². The molecule has 2 aromatic rings. The average Bonchev–Trinajstić information content (AvgIpc) is 3.10. The molecule has 0 bridgehead atoms. The van der Waals surface area contributed by atoms with Crippen LogP contribution in [0.4, 0.5) is 0 Å². The molecule has 2 aliphatic heterocycles. The van der Waals surface area contributed by atoms with Crippen LogP contribution in [0, 0.1) is 0 Å². The zero-order valence-electron chi connectivity index (χ0n) is 17.1. The second-order valence-corrected chi connectivity index (χ2v) is 8.13. The van der Waals surface area contributed by atoms with Gasteiger partial charge in [0.05, 0.1) is 24.8 Å². The Morgan fingerprint density at radius 2 is 2.14 bits per heavy atom. The molecule has 0 aliphatic carbocycles. The summed E-state index contributed by atoms with van der Waals surface area (Å²) >= 11 is 0. The zero-order valence-corrected chi connectivity index (χ0v) is 17.1. The SMILES string of the molecule is CC1CC(OC2=NCc3cc(CC(=O)C[C@H](C)c4ccccc4)ncc32)CCO1. The lowest BCUT2D eigenvalue weighted by atomic mass is 9.94. The molecule has 0 radical (unpaired) electrons. The maximum absolute atomic E-state index is 12.5. The monoisotopic (exact) mass is 392 g/mol. The van der Waals surface area contributed by atoms with Crippen molar-refractivity contribution in [3.8, 4) is 0 Å². The molecule has 5 nitrogen and oxygen atoms in total. The number of Topliss-reactive ketones (excluding diaryl/α,β-unsaturated/α-hetero) is 1. The highest BCUT2D eigenvalue weighted by atomic mass is 16.5. The van der Waals surface area contributed by atoms with Gasteiger partial charge in [-0.3, -0.25) is 9.78 Å². The van der Waals surface area contributed by atoms with E-state index in [0.717, 1.165) is 36.3 Å². The summed E-state index contributed by atoms with van der Waals surface area (Å²) in [7, 11) is 0. The van der Waals surface area contributed by atoms with Gasteiger partial charge in [-0.1, -0.05) is 37.3 Å². The van der Waals surface area contributed by atoms with Crippen LogP contribution in [0.15, 0.2) is 47.6 Å². The number of pyridine rings is 1. The first-order chi connectivity index (χ1) is 14.1. The van der Waals surface area contributed by atoms with Gasteiger partial charge in [0.1, 0.15) is 11.9 Å². The normalized spacial score (nSPS) is 21.9. The molecule has 152 valence electrons. The van der Waals surface area contributed by atoms with E-state index in [-0.39, 0.29) is 23.9 Å². The summed E-state index contributed by atoms with van der Waals surface area (Å²) in [6, 6.07) is 12.2. The van der Waals surface area contributed by atoms with Crippen molar-refractivity contribution >= 4 is 11.7 Å². The highest BCUT2D eigenvalue weighted by Crippen LogP contribution is 2.25. The molecule has 1 aromatic carbocycles. The van der Waals surface area contributed by atoms with Gasteiger partial charge in [0.25, 0.3) is 0 Å². The zero-order chi connectivity index (χ0) is 20.2. The Bertz CT molecular complexity index is 894. The van der Waals surface area contributed by atoms with Crippen LogP contribution in [0.2, 0.25) is 0 Å². The van der Waals surface area contributed by atoms with Crippen LogP contribution in [-0.2, 0) is 27.2 Å². The molecule has 1 aromatic heterocycles. The van der Waals surface area contributed by atoms with Crippen molar-refractivity contribution in [3.05, 3.63) is 65.0 Å². The average molecular weight is 392 g/mol. The second-order valence-electron chi connectivity index (χ2n) is 8.13. The Hall–Kier alpha value is -2.53. The molecule has 2 aliphatic rings. The largest absolute Gasteiger partial charge is 0.474 e. The van der Waals surface area contributed by atoms with Crippen LogP contribution in [0.3, 0.4) is 0 Å². The van der Waals surface area contributed by atoms with Crippen molar-refractivity contribution in [3.63, 3.8) is 0 Å². The Balaban J connectivity index is 1.35. The number of nitrogens with zero attached hydrogens (tertiary/aromatic N) is 2. The number of hydrogen-bond acceptors (Lipinski definition) is 5. The number of aromatic nitrogens is 1. The third-order valence-electron chi connectivity index (χ3n) is 5.67. The van der Waals surface area contributed by atoms with E-state index in [0.29, 0.717) is 25.3 Å². The molecular weight excluding hydrogens is 364 g/mol. The van der Waals surface area contributed by atoms with Gasteiger partial charge in [0, 0.05) is 37.6 Å². The van der Waals surface area contributed by atoms with Crippen LogP contribution < -0.4 is 0 Å². The summed E-state index contributed by atoms with van der Waals surface area (Å²) in [5.74, 6) is 1.10. The topological polar surface area (TPSA) is 60.8 Å². The van der Waals surface area contributed by atoms with Crippen LogP contribution >= 0.6 is 0 Å². The van der Waals surface area contributed by atoms with E-state index in [9.17, 15) is 4.79 Å². The maximum atomic E-state index is 12.5. The Kier molecular flexibility index (Phi) is 6.05. The van der Waals surface area contributed by atoms with Crippen molar-refractivity contribution in [2.75, 3.05) is 6.61 Å². The predicted molar refractivity (Wildman–Crippen MR) is 112 cm³/mol. The van der Waals surface area contributed by atoms with Crippen LogP contribution in [0.5, 0.6) is 0 Å². The first kappa shape index (κ1) is 19.8. The van der Waals surface area contributed by atoms with Crippen molar-refractivity contribution in [2.45, 2.75) is 64.2 Å². The first-order valence-corrected chi connectivity index (χ1v) is 10.5. The molecule has 0 N–H and O–H groups in total. The highest BCUT2D eigenvalue weighted by molar-refractivity contribution is 5.97. The lowest BCUT2D eigenvalue weighted by Crippen LogP contribution is -2.30. The van der Waals surface area contributed by atoms with E-state index in [1.807, 2.05) is 30.5 Å². The lowest BCUT2D eigenvalue weighted by molar-refractivity contribution is -0.118. The molecule has 2 unspecified atom stereocenters. The van der Waals surface area contributed by atoms with Gasteiger partial charge >= 0.3 is 0 Å². The molecule has 3 heterocycles. The quantitative estimate of drug-likeness (QED) is 0.738. The van der Waals surface area contributed by atoms with Crippen LogP contribution in [0.1, 0.15) is 61.4 Å². The van der Waals surface area contributed by atoms with E-state index in [1.54, 1.807) is 0 Å². The number of carbonyl (C=O) groups is 1. The number of hydrogen-bond donors (Lipinski definition) is 0. The fourth-order valence-electron chi connectivity index (χ4n) is 4.05. The van der Waals surface area contributed by atoms with Crippen molar-refractivity contribution in [1.29, 1.82) is 0 Å². The molecule has 5 heteroatoms. The van der Waals surface area contributed by atoms with E-state index in [4.69, 9.17) is 9.47 Å². The first-order valence-electron chi connectivity index (χ1n) is 10.5. The van der Waals surface area contributed by atoms with Crippen molar-refractivity contribution in [2.24, 2.45) is 4.99 Å². The van der Waals surface area contributed by atoms with Crippen molar-refractivity contribution < 1.29 is 14.3 Å². The van der Waals surface area contributed by atoms with Gasteiger partial charge in [-0.15, -0.1) is 0 Å². The number of benzene rings is 1. The van der Waals surface area contributed by atoms with E-state index in [1.165, 1.54) is 5.56 Å². The molecule has 1 fully saturated rings.